The number of rotatable bonds is 8. The van der Waals surface area contributed by atoms with Crippen LogP contribution < -0.4 is 9.13 Å². The molecule has 0 bridgehead atoms. The van der Waals surface area contributed by atoms with Crippen molar-refractivity contribution < 1.29 is 43.7 Å². The molecule has 2 nitrogen and oxygen atoms in total. The largest absolute Gasteiger partial charge is 0.673 e. The quantitative estimate of drug-likeness (QED) is 0.0816. The van der Waals surface area contributed by atoms with Gasteiger partial charge >= 0.3 is 14.5 Å². The maximum Gasteiger partial charge on any atom is 0.673 e. The van der Waals surface area contributed by atoms with Gasteiger partial charge in [-0.2, -0.15) is 9.13 Å². The molecule has 330 valence electrons. The van der Waals surface area contributed by atoms with Gasteiger partial charge in [0.25, 0.3) is 0 Å². The topological polar surface area (TPSA) is 7.76 Å². The molecule has 0 fully saturated rings. The normalized spacial score (nSPS) is 11.2. The van der Waals surface area contributed by atoms with E-state index in [1.54, 1.807) is 0 Å². The van der Waals surface area contributed by atoms with E-state index >= 15 is 0 Å². The Morgan fingerprint density at radius 1 is 0.258 bits per heavy atom. The van der Waals surface area contributed by atoms with Gasteiger partial charge in [-0.05, 0) is 84.6 Å². The van der Waals surface area contributed by atoms with Crippen LogP contribution in [0, 0.1) is 13.8 Å². The number of aryl methyl sites for hydroxylation is 2. The van der Waals surface area contributed by atoms with E-state index in [0.717, 1.165) is 78.7 Å². The Morgan fingerprint density at radius 2 is 0.470 bits per heavy atom. The Balaban J connectivity index is 0.000000588. The lowest BCUT2D eigenvalue weighted by Gasteiger charge is -2.14. The fraction of sp³-hybridized carbons (Fsp3) is 0.0370. The lowest BCUT2D eigenvalue weighted by atomic mass is 9.95. The summed E-state index contributed by atoms with van der Waals surface area (Å²) in [7, 11) is -12.0. The minimum Gasteiger partial charge on any atom is -0.418 e. The number of hydrogen-bond donors (Lipinski definition) is 0. The zero-order valence-corrected chi connectivity index (χ0v) is 35.9. The SMILES string of the molecule is Cc1ccc(-[n+]2c(-c3ccccc3)cc(-c3ccc(-c4cc(-c5ccccc5)[n+](-c5ccc(C)cc5)c(-c5ccccc5)c4)cc3)cc2-c2ccccc2)cc1.F[B-](F)(F)F.F[B-](F)(F)F. The highest BCUT2D eigenvalue weighted by molar-refractivity contribution is 6.50. The molecule has 12 heteroatoms. The third kappa shape index (κ3) is 12.4. The molecule has 9 aromatic rings. The molecular formula is C54H42B2F8N2. The molecule has 0 N–H and O–H groups in total. The standard InChI is InChI=1S/C54H42N2.2BF4/c1-39-23-31-49(32-24-39)55-51(43-15-7-3-8-16-43)35-47(36-52(55)44-17-9-4-10-18-44)41-27-29-42(30-28-41)48-37-53(45-19-11-5-12-20-45)56(50-33-25-40(2)26-34-50)54(38-48)46-21-13-6-14-22-46;2*2-1(3,4)5/h3-38H,1-2H3;;/q+2;2*-1. The van der Waals surface area contributed by atoms with Crippen molar-refractivity contribution in [2.75, 3.05) is 0 Å². The predicted molar refractivity (Wildman–Crippen MR) is 252 cm³/mol. The summed E-state index contributed by atoms with van der Waals surface area (Å²) < 4.78 is 82.8. The van der Waals surface area contributed by atoms with Crippen LogP contribution in [0.25, 0.3) is 78.7 Å². The van der Waals surface area contributed by atoms with Crippen molar-refractivity contribution in [2.45, 2.75) is 13.8 Å². The van der Waals surface area contributed by atoms with E-state index in [0.29, 0.717) is 0 Å². The van der Waals surface area contributed by atoms with Crippen LogP contribution in [-0.2, 0) is 0 Å². The molecule has 0 spiro atoms. The molecule has 0 saturated heterocycles. The maximum atomic E-state index is 9.75. The number of halogens is 8. The van der Waals surface area contributed by atoms with E-state index in [1.807, 2.05) is 0 Å². The molecule has 66 heavy (non-hydrogen) atoms. The Morgan fingerprint density at radius 3 is 0.682 bits per heavy atom. The van der Waals surface area contributed by atoms with Gasteiger partial charge < -0.3 is 34.5 Å². The van der Waals surface area contributed by atoms with Gasteiger partial charge in [-0.15, -0.1) is 0 Å². The van der Waals surface area contributed by atoms with Gasteiger partial charge in [-0.1, -0.05) is 132 Å². The molecule has 0 radical (unpaired) electrons. The number of nitrogens with zero attached hydrogens (tertiary/aromatic N) is 2. The lowest BCUT2D eigenvalue weighted by Crippen LogP contribution is -2.36. The van der Waals surface area contributed by atoms with Crippen molar-refractivity contribution in [1.29, 1.82) is 0 Å². The number of pyridine rings is 2. The van der Waals surface area contributed by atoms with E-state index in [1.165, 1.54) is 11.1 Å². The molecular weight excluding hydrogens is 850 g/mol. The van der Waals surface area contributed by atoms with Crippen LogP contribution in [0.2, 0.25) is 0 Å². The summed E-state index contributed by atoms with van der Waals surface area (Å²) in [6.07, 6.45) is 0. The minimum atomic E-state index is -6.00. The molecule has 9 rings (SSSR count). The summed E-state index contributed by atoms with van der Waals surface area (Å²) in [4.78, 5) is 0. The fourth-order valence-electron chi connectivity index (χ4n) is 7.61. The number of hydrogen-bond acceptors (Lipinski definition) is 0. The van der Waals surface area contributed by atoms with Crippen molar-refractivity contribution in [2.24, 2.45) is 0 Å². The van der Waals surface area contributed by atoms with Crippen LogP contribution in [0.15, 0.2) is 218 Å². The predicted octanol–water partition coefficient (Wildman–Crippen LogP) is 15.5. The average molecular weight is 893 g/mol. The van der Waals surface area contributed by atoms with Gasteiger partial charge in [0, 0.05) is 70.8 Å². The van der Waals surface area contributed by atoms with E-state index in [2.05, 4.69) is 241 Å². The van der Waals surface area contributed by atoms with Crippen molar-refractivity contribution >= 4 is 14.5 Å². The molecule has 0 unspecified atom stereocenters. The fourth-order valence-corrected chi connectivity index (χ4v) is 7.61. The van der Waals surface area contributed by atoms with Crippen LogP contribution in [0.4, 0.5) is 34.5 Å². The first-order valence-electron chi connectivity index (χ1n) is 21.0. The van der Waals surface area contributed by atoms with Crippen LogP contribution in [0.3, 0.4) is 0 Å². The Bertz CT molecular complexity index is 2650. The third-order valence-corrected chi connectivity index (χ3v) is 10.5. The van der Waals surface area contributed by atoms with E-state index < -0.39 is 14.5 Å². The summed E-state index contributed by atoms with van der Waals surface area (Å²) >= 11 is 0. The zero-order chi connectivity index (χ0) is 46.8. The molecule has 0 aliphatic rings. The van der Waals surface area contributed by atoms with Gasteiger partial charge in [-0.3, -0.25) is 0 Å². The summed E-state index contributed by atoms with van der Waals surface area (Å²) in [6.45, 7) is 4.28. The average Bonchev–Trinajstić information content (AvgIpc) is 3.31. The first kappa shape index (κ1) is 46.4. The van der Waals surface area contributed by atoms with Crippen molar-refractivity contribution in [3.63, 3.8) is 0 Å². The molecule has 2 aromatic heterocycles. The number of aromatic nitrogens is 2. The van der Waals surface area contributed by atoms with Gasteiger partial charge in [-0.25, -0.2) is 0 Å². The maximum absolute atomic E-state index is 9.75. The van der Waals surface area contributed by atoms with Gasteiger partial charge in [0.2, 0.25) is 34.2 Å². The van der Waals surface area contributed by atoms with E-state index in [9.17, 15) is 34.5 Å². The van der Waals surface area contributed by atoms with Gasteiger partial charge in [0.05, 0.1) is 0 Å². The second-order valence-electron chi connectivity index (χ2n) is 15.4. The first-order chi connectivity index (χ1) is 31.6. The number of benzene rings is 7. The monoisotopic (exact) mass is 892 g/mol. The van der Waals surface area contributed by atoms with Gasteiger partial charge in [0.15, 0.2) is 0 Å². The summed E-state index contributed by atoms with van der Waals surface area (Å²) in [5.74, 6) is 0. The Hall–Kier alpha value is -7.59. The summed E-state index contributed by atoms with van der Waals surface area (Å²) in [6, 6.07) is 79.0. The molecule has 0 aliphatic carbocycles. The zero-order valence-electron chi connectivity index (χ0n) is 35.9. The first-order valence-corrected chi connectivity index (χ1v) is 21.0. The highest BCUT2D eigenvalue weighted by Crippen LogP contribution is 2.34. The van der Waals surface area contributed by atoms with Crippen LogP contribution in [0.1, 0.15) is 11.1 Å². The second-order valence-corrected chi connectivity index (χ2v) is 15.4. The highest BCUT2D eigenvalue weighted by Gasteiger charge is 2.27. The van der Waals surface area contributed by atoms with Crippen molar-refractivity contribution in [3.05, 3.63) is 230 Å². The lowest BCUT2D eigenvalue weighted by molar-refractivity contribution is -0.572. The van der Waals surface area contributed by atoms with Crippen molar-refractivity contribution in [1.82, 2.24) is 0 Å². The van der Waals surface area contributed by atoms with E-state index in [4.69, 9.17) is 0 Å². The molecule has 2 heterocycles. The van der Waals surface area contributed by atoms with Crippen LogP contribution in [0.5, 0.6) is 0 Å². The third-order valence-electron chi connectivity index (χ3n) is 10.5. The van der Waals surface area contributed by atoms with Gasteiger partial charge in [0.1, 0.15) is 0 Å². The van der Waals surface area contributed by atoms with Crippen LogP contribution in [-0.4, -0.2) is 14.5 Å². The molecule has 0 aliphatic heterocycles. The van der Waals surface area contributed by atoms with Crippen molar-refractivity contribution in [3.8, 4) is 78.7 Å². The van der Waals surface area contributed by atoms with Crippen LogP contribution >= 0.6 is 0 Å². The molecule has 0 amide bonds. The summed E-state index contributed by atoms with van der Waals surface area (Å²) in [5.41, 5.74) is 18.6. The second kappa shape index (κ2) is 20.5. The molecule has 7 aromatic carbocycles. The Labute approximate surface area is 379 Å². The highest BCUT2D eigenvalue weighted by atomic mass is 19.5. The minimum absolute atomic E-state index is 1.13. The smallest absolute Gasteiger partial charge is 0.418 e. The Kier molecular flexibility index (Phi) is 14.4. The molecule has 0 saturated carbocycles. The molecule has 0 atom stereocenters. The van der Waals surface area contributed by atoms with E-state index in [-0.39, 0.29) is 0 Å². The summed E-state index contributed by atoms with van der Waals surface area (Å²) in [5, 5.41) is 0.